The molecule has 0 aliphatic carbocycles. The summed E-state index contributed by atoms with van der Waals surface area (Å²) < 4.78 is 41.0. The van der Waals surface area contributed by atoms with Gasteiger partial charge in [-0.2, -0.15) is 0 Å². The van der Waals surface area contributed by atoms with Gasteiger partial charge >= 0.3 is 7.60 Å². The van der Waals surface area contributed by atoms with E-state index in [1.165, 1.54) is 6.07 Å². The molecule has 0 saturated heterocycles. The summed E-state index contributed by atoms with van der Waals surface area (Å²) in [5, 5.41) is 0.0719. The highest BCUT2D eigenvalue weighted by atomic mass is 35.5. The van der Waals surface area contributed by atoms with Gasteiger partial charge in [0.05, 0.1) is 18.2 Å². The smallest absolute Gasteiger partial charge is 0.370 e. The van der Waals surface area contributed by atoms with Crippen LogP contribution in [0.2, 0.25) is 5.02 Å². The molecule has 7 heteroatoms. The zero-order valence-electron chi connectivity index (χ0n) is 11.0. The Bertz CT molecular complexity index is 459. The average Bonchev–Trinajstić information content (AvgIpc) is 2.33. The number of rotatable bonds is 7. The van der Waals surface area contributed by atoms with Crippen LogP contribution in [0.5, 0.6) is 5.75 Å². The second-order valence-electron chi connectivity index (χ2n) is 3.59. The van der Waals surface area contributed by atoms with Crippen molar-refractivity contribution < 1.29 is 22.7 Å². The van der Waals surface area contributed by atoms with E-state index in [-0.39, 0.29) is 24.0 Å². The van der Waals surface area contributed by atoms with Crippen molar-refractivity contribution in [3.8, 4) is 5.75 Å². The summed E-state index contributed by atoms with van der Waals surface area (Å²) in [5.74, 6) is -1.28. The Balaban J connectivity index is 2.87. The molecule has 0 bridgehead atoms. The Labute approximate surface area is 117 Å². The molecule has 1 atom stereocenters. The lowest BCUT2D eigenvalue weighted by atomic mass is 10.3. The van der Waals surface area contributed by atoms with E-state index in [4.69, 9.17) is 25.4 Å². The van der Waals surface area contributed by atoms with Gasteiger partial charge in [-0.3, -0.25) is 4.57 Å². The number of halogens is 2. The molecule has 0 fully saturated rings. The van der Waals surface area contributed by atoms with Crippen molar-refractivity contribution >= 4 is 19.2 Å². The zero-order valence-corrected chi connectivity index (χ0v) is 12.6. The highest BCUT2D eigenvalue weighted by Gasteiger charge is 2.34. The summed E-state index contributed by atoms with van der Waals surface area (Å²) in [6.45, 7) is 5.42. The van der Waals surface area contributed by atoms with Crippen LogP contribution in [0, 0.1) is 11.9 Å². The maximum Gasteiger partial charge on any atom is 0.370 e. The first kappa shape index (κ1) is 16.4. The van der Waals surface area contributed by atoms with Gasteiger partial charge in [0.15, 0.2) is 5.85 Å². The van der Waals surface area contributed by atoms with E-state index < -0.39 is 19.3 Å². The van der Waals surface area contributed by atoms with E-state index in [9.17, 15) is 8.96 Å². The highest BCUT2D eigenvalue weighted by molar-refractivity contribution is 7.54. The van der Waals surface area contributed by atoms with Gasteiger partial charge in [-0.15, -0.1) is 0 Å². The van der Waals surface area contributed by atoms with Crippen LogP contribution in [0.4, 0.5) is 4.39 Å². The molecular formula is C12H16ClFO4P. The van der Waals surface area contributed by atoms with E-state index >= 15 is 0 Å². The molecule has 1 rings (SSSR count). The minimum Gasteiger partial charge on any atom is -0.476 e. The first-order valence-corrected chi connectivity index (χ1v) is 7.84. The molecule has 0 aliphatic rings. The molecule has 1 radical (unpaired) electrons. The van der Waals surface area contributed by atoms with Crippen LogP contribution in [0.1, 0.15) is 20.8 Å². The van der Waals surface area contributed by atoms with Gasteiger partial charge in [-0.25, -0.2) is 4.39 Å². The molecule has 0 N–H and O–H groups in total. The number of hydrogen-bond donors (Lipinski definition) is 0. The zero-order chi connectivity index (χ0) is 14.5. The van der Waals surface area contributed by atoms with Crippen LogP contribution in [-0.2, 0) is 13.6 Å². The Morgan fingerprint density at radius 2 is 2.00 bits per heavy atom. The van der Waals surface area contributed by atoms with E-state index in [1.807, 2.05) is 0 Å². The largest absolute Gasteiger partial charge is 0.476 e. The third kappa shape index (κ3) is 4.46. The number of benzene rings is 1. The molecule has 107 valence electrons. The Morgan fingerprint density at radius 3 is 2.47 bits per heavy atom. The molecule has 0 spiro atoms. The minimum atomic E-state index is -3.40. The molecule has 1 aromatic carbocycles. The van der Waals surface area contributed by atoms with Crippen LogP contribution in [0.3, 0.4) is 0 Å². The van der Waals surface area contributed by atoms with Gasteiger partial charge in [0.1, 0.15) is 11.6 Å². The van der Waals surface area contributed by atoms with Gasteiger partial charge in [-0.05, 0) is 32.9 Å². The second kappa shape index (κ2) is 7.25. The van der Waals surface area contributed by atoms with Crippen LogP contribution >= 0.6 is 19.2 Å². The predicted octanol–water partition coefficient (Wildman–Crippen LogP) is 4.27. The Morgan fingerprint density at radius 1 is 1.42 bits per heavy atom. The summed E-state index contributed by atoms with van der Waals surface area (Å²) in [6, 6.07) is 4.63. The maximum absolute atomic E-state index is 12.9. The molecule has 0 aliphatic heterocycles. The molecule has 4 nitrogen and oxygen atoms in total. The second-order valence-corrected chi connectivity index (χ2v) is 6.32. The fourth-order valence-electron chi connectivity index (χ4n) is 1.37. The molecular weight excluding hydrogens is 294 g/mol. The van der Waals surface area contributed by atoms with Crippen LogP contribution in [-0.4, -0.2) is 19.1 Å². The molecule has 1 aromatic rings. The topological polar surface area (TPSA) is 44.8 Å². The molecule has 1 unspecified atom stereocenters. The third-order valence-electron chi connectivity index (χ3n) is 2.19. The molecule has 0 amide bonds. The monoisotopic (exact) mass is 309 g/mol. The summed E-state index contributed by atoms with van der Waals surface area (Å²) in [4.78, 5) is 0. The SMILES string of the molecule is CCOP(=O)(OCC)C(C)Oc1c[c]c(F)cc1Cl. The quantitative estimate of drug-likeness (QED) is 0.706. The number of ether oxygens (including phenoxy) is 1. The van der Waals surface area contributed by atoms with Crippen molar-refractivity contribution in [2.45, 2.75) is 26.6 Å². The third-order valence-corrected chi connectivity index (χ3v) is 4.72. The van der Waals surface area contributed by atoms with Gasteiger partial charge in [-0.1, -0.05) is 11.6 Å². The summed E-state index contributed by atoms with van der Waals surface area (Å²) in [5.41, 5.74) is 0. The maximum atomic E-state index is 12.9. The van der Waals surface area contributed by atoms with Crippen LogP contribution in [0.25, 0.3) is 0 Å². The Kier molecular flexibility index (Phi) is 6.27. The van der Waals surface area contributed by atoms with E-state index in [0.29, 0.717) is 0 Å². The molecule has 19 heavy (non-hydrogen) atoms. The fourth-order valence-corrected chi connectivity index (χ4v) is 3.02. The predicted molar refractivity (Wildman–Crippen MR) is 71.2 cm³/mol. The van der Waals surface area contributed by atoms with Gasteiger partial charge < -0.3 is 13.8 Å². The molecule has 0 heterocycles. The molecule has 0 saturated carbocycles. The molecule has 0 aromatic heterocycles. The lowest BCUT2D eigenvalue weighted by molar-refractivity contribution is 0.168. The summed E-state index contributed by atoms with van der Waals surface area (Å²) in [7, 11) is -3.40. The van der Waals surface area contributed by atoms with Crippen LogP contribution < -0.4 is 4.74 Å². The lowest BCUT2D eigenvalue weighted by Crippen LogP contribution is -2.16. The van der Waals surface area contributed by atoms with E-state index in [0.717, 1.165) is 6.07 Å². The normalized spacial score (nSPS) is 13.3. The average molecular weight is 310 g/mol. The van der Waals surface area contributed by atoms with Crippen molar-refractivity contribution in [3.05, 3.63) is 29.0 Å². The van der Waals surface area contributed by atoms with Crippen LogP contribution in [0.15, 0.2) is 12.1 Å². The highest BCUT2D eigenvalue weighted by Crippen LogP contribution is 2.53. The number of hydrogen-bond acceptors (Lipinski definition) is 4. The van der Waals surface area contributed by atoms with Crippen molar-refractivity contribution in [2.75, 3.05) is 13.2 Å². The minimum absolute atomic E-state index is 0.0719. The fraction of sp³-hybridized carbons (Fsp3) is 0.500. The van der Waals surface area contributed by atoms with Crippen molar-refractivity contribution in [1.29, 1.82) is 0 Å². The standard InChI is InChI=1S/C12H16ClFO4P/c1-4-16-19(15,17-5-2)9(3)18-12-7-6-10(14)8-11(12)13/h7-9H,4-5H2,1-3H3. The van der Waals surface area contributed by atoms with Gasteiger partial charge in [0, 0.05) is 6.07 Å². The van der Waals surface area contributed by atoms with Crippen molar-refractivity contribution in [3.63, 3.8) is 0 Å². The van der Waals surface area contributed by atoms with Gasteiger partial charge in [0.25, 0.3) is 0 Å². The van der Waals surface area contributed by atoms with Crippen molar-refractivity contribution in [2.24, 2.45) is 0 Å². The lowest BCUT2D eigenvalue weighted by Gasteiger charge is -2.24. The summed E-state index contributed by atoms with van der Waals surface area (Å²) in [6.07, 6.45) is 0. The van der Waals surface area contributed by atoms with Gasteiger partial charge in [0.2, 0.25) is 0 Å². The summed E-state index contributed by atoms with van der Waals surface area (Å²) >= 11 is 5.82. The first-order valence-electron chi connectivity index (χ1n) is 5.85. The first-order chi connectivity index (χ1) is 8.92. The van der Waals surface area contributed by atoms with E-state index in [1.54, 1.807) is 20.8 Å². The van der Waals surface area contributed by atoms with Crippen molar-refractivity contribution in [1.82, 2.24) is 0 Å². The Hall–Kier alpha value is -0.610. The van der Waals surface area contributed by atoms with E-state index in [2.05, 4.69) is 6.07 Å².